The lowest BCUT2D eigenvalue weighted by Crippen LogP contribution is -2.54. The van der Waals surface area contributed by atoms with Crippen LogP contribution in [-0.4, -0.2) is 83.9 Å². The fourth-order valence-corrected chi connectivity index (χ4v) is 5.19. The van der Waals surface area contributed by atoms with E-state index in [2.05, 4.69) is 0 Å². The number of piperidine rings is 1. The molecule has 15 heteroatoms. The molecule has 252 valence electrons. The number of nitrogens with zero attached hydrogens (tertiary/aromatic N) is 3. The van der Waals surface area contributed by atoms with Crippen LogP contribution in [0.1, 0.15) is 83.7 Å². The molecule has 0 spiro atoms. The maximum Gasteiger partial charge on any atom is 0.417 e. The summed E-state index contributed by atoms with van der Waals surface area (Å²) in [7, 11) is 0. The first-order valence-electron chi connectivity index (χ1n) is 14.7. The van der Waals surface area contributed by atoms with Gasteiger partial charge in [0, 0.05) is 31.6 Å². The molecule has 1 fully saturated rings. The Labute approximate surface area is 259 Å². The number of nitrogens with one attached hydrogen (secondary N) is 1. The Morgan fingerprint density at radius 1 is 1.16 bits per heavy atom. The van der Waals surface area contributed by atoms with E-state index in [1.807, 2.05) is 5.32 Å². The Morgan fingerprint density at radius 3 is 2.36 bits per heavy atom. The van der Waals surface area contributed by atoms with Crippen LogP contribution < -0.4 is 15.0 Å². The van der Waals surface area contributed by atoms with Crippen molar-refractivity contribution in [2.45, 2.75) is 98.0 Å². The molecule has 0 aromatic heterocycles. The van der Waals surface area contributed by atoms with E-state index in [9.17, 15) is 41.1 Å². The molecule has 0 radical (unpaired) electrons. The summed E-state index contributed by atoms with van der Waals surface area (Å²) in [6, 6.07) is 0.421. The zero-order valence-corrected chi connectivity index (χ0v) is 26.5. The summed E-state index contributed by atoms with van der Waals surface area (Å²) in [4.78, 5) is 59.9. The number of fused-ring (bicyclic) bond motifs is 1. The standard InChI is InChI=1S/C30H41F5N4O6/c1-17(2)39(18-9-8-11-37(16-18)45-27(43)28(3,4)5)25(41)19-13-21-22(14-20(19)30(33,34)35)44-29(6,7)26(42)38(21)12-10-24(40)36-15-23(31)32/h13-14,17-18,23H,8-12,15-16H2,1-7H3,(H,36,40)/t18-/m1/s1. The van der Waals surface area contributed by atoms with Gasteiger partial charge in [0.05, 0.1) is 35.3 Å². The maximum absolute atomic E-state index is 14.5. The highest BCUT2D eigenvalue weighted by molar-refractivity contribution is 6.05. The number of alkyl halides is 5. The molecule has 0 unspecified atom stereocenters. The van der Waals surface area contributed by atoms with Crippen LogP contribution in [0.4, 0.5) is 27.6 Å². The third kappa shape index (κ3) is 8.61. The normalized spacial score (nSPS) is 18.8. The highest BCUT2D eigenvalue weighted by atomic mass is 19.4. The van der Waals surface area contributed by atoms with E-state index in [1.54, 1.807) is 34.6 Å². The minimum atomic E-state index is -4.99. The molecule has 0 bridgehead atoms. The minimum Gasteiger partial charge on any atom is -0.476 e. The largest absolute Gasteiger partial charge is 0.476 e. The molecular weight excluding hydrogens is 607 g/mol. The summed E-state index contributed by atoms with van der Waals surface area (Å²) in [5.41, 5.74) is -4.59. The molecule has 2 heterocycles. The van der Waals surface area contributed by atoms with Gasteiger partial charge in [-0.25, -0.2) is 13.6 Å². The van der Waals surface area contributed by atoms with Crippen molar-refractivity contribution in [1.29, 1.82) is 0 Å². The number of anilines is 1. The van der Waals surface area contributed by atoms with E-state index in [4.69, 9.17) is 9.57 Å². The number of amides is 3. The second-order valence-electron chi connectivity index (χ2n) is 13.0. The molecular formula is C30H41F5N4O6. The third-order valence-electron chi connectivity index (χ3n) is 7.43. The van der Waals surface area contributed by atoms with Gasteiger partial charge in [0.1, 0.15) is 5.75 Å². The fourth-order valence-electron chi connectivity index (χ4n) is 5.19. The molecule has 1 aromatic carbocycles. The number of hydrogen-bond acceptors (Lipinski definition) is 7. The van der Waals surface area contributed by atoms with Crippen molar-refractivity contribution in [2.75, 3.05) is 31.1 Å². The maximum atomic E-state index is 14.5. The van der Waals surface area contributed by atoms with E-state index in [1.165, 1.54) is 23.8 Å². The predicted octanol–water partition coefficient (Wildman–Crippen LogP) is 4.80. The lowest BCUT2D eigenvalue weighted by molar-refractivity contribution is -0.208. The van der Waals surface area contributed by atoms with Crippen molar-refractivity contribution in [1.82, 2.24) is 15.3 Å². The van der Waals surface area contributed by atoms with E-state index < -0.39 is 83.5 Å². The van der Waals surface area contributed by atoms with Gasteiger partial charge in [-0.3, -0.25) is 14.4 Å². The number of halogens is 5. The summed E-state index contributed by atoms with van der Waals surface area (Å²) in [6.45, 7) is 10.3. The minimum absolute atomic E-state index is 0.0771. The van der Waals surface area contributed by atoms with Crippen LogP contribution in [0.2, 0.25) is 0 Å². The molecule has 1 atom stereocenters. The number of hydroxylamine groups is 2. The highest BCUT2D eigenvalue weighted by Crippen LogP contribution is 2.44. The van der Waals surface area contributed by atoms with Crippen LogP contribution in [0.15, 0.2) is 12.1 Å². The van der Waals surface area contributed by atoms with Gasteiger partial charge in [-0.1, -0.05) is 0 Å². The molecule has 10 nitrogen and oxygen atoms in total. The second kappa shape index (κ2) is 13.5. The van der Waals surface area contributed by atoms with Gasteiger partial charge in [-0.2, -0.15) is 13.2 Å². The summed E-state index contributed by atoms with van der Waals surface area (Å²) in [5.74, 6) is -3.27. The van der Waals surface area contributed by atoms with Crippen molar-refractivity contribution < 1.29 is 50.7 Å². The Morgan fingerprint density at radius 2 is 1.80 bits per heavy atom. The first-order chi connectivity index (χ1) is 20.6. The summed E-state index contributed by atoms with van der Waals surface area (Å²) in [5, 5.41) is 3.44. The molecule has 3 amide bonds. The highest BCUT2D eigenvalue weighted by Gasteiger charge is 2.45. The van der Waals surface area contributed by atoms with E-state index in [-0.39, 0.29) is 24.5 Å². The van der Waals surface area contributed by atoms with Gasteiger partial charge in [0.2, 0.25) is 5.91 Å². The lowest BCUT2D eigenvalue weighted by Gasteiger charge is -2.42. The van der Waals surface area contributed by atoms with Crippen LogP contribution in [-0.2, 0) is 25.4 Å². The summed E-state index contributed by atoms with van der Waals surface area (Å²) < 4.78 is 74.2. The van der Waals surface area contributed by atoms with Crippen molar-refractivity contribution in [3.8, 4) is 5.75 Å². The van der Waals surface area contributed by atoms with Gasteiger partial charge in [-0.15, -0.1) is 5.06 Å². The Bertz CT molecular complexity index is 1290. The lowest BCUT2D eigenvalue weighted by atomic mass is 9.96. The molecule has 45 heavy (non-hydrogen) atoms. The average Bonchev–Trinajstić information content (AvgIpc) is 2.90. The number of ether oxygens (including phenoxy) is 1. The first kappa shape index (κ1) is 36.0. The van der Waals surface area contributed by atoms with Crippen molar-refractivity contribution in [2.24, 2.45) is 5.41 Å². The molecule has 2 aliphatic heterocycles. The van der Waals surface area contributed by atoms with Gasteiger partial charge >= 0.3 is 12.1 Å². The van der Waals surface area contributed by atoms with Gasteiger partial charge in [-0.05, 0) is 73.4 Å². The van der Waals surface area contributed by atoms with E-state index >= 15 is 0 Å². The molecule has 2 aliphatic rings. The number of rotatable bonds is 9. The van der Waals surface area contributed by atoms with Crippen LogP contribution in [0, 0.1) is 5.41 Å². The summed E-state index contributed by atoms with van der Waals surface area (Å²) >= 11 is 0. The number of hydrogen-bond donors (Lipinski definition) is 1. The van der Waals surface area contributed by atoms with Crippen LogP contribution in [0.3, 0.4) is 0 Å². The number of carbonyl (C=O) groups excluding carboxylic acids is 4. The monoisotopic (exact) mass is 648 g/mol. The fraction of sp³-hybridized carbons (Fsp3) is 0.667. The van der Waals surface area contributed by atoms with Crippen molar-refractivity contribution in [3.63, 3.8) is 0 Å². The Balaban J connectivity index is 2.03. The average molecular weight is 649 g/mol. The van der Waals surface area contributed by atoms with Gasteiger partial charge in [0.25, 0.3) is 18.2 Å². The molecule has 0 saturated carbocycles. The zero-order valence-electron chi connectivity index (χ0n) is 26.5. The molecule has 3 rings (SSSR count). The number of carbonyl (C=O) groups is 4. The Kier molecular flexibility index (Phi) is 10.8. The predicted molar refractivity (Wildman–Crippen MR) is 154 cm³/mol. The van der Waals surface area contributed by atoms with Gasteiger partial charge in [0.15, 0.2) is 5.60 Å². The molecule has 0 aliphatic carbocycles. The quantitative estimate of drug-likeness (QED) is 0.384. The van der Waals surface area contributed by atoms with Gasteiger partial charge < -0.3 is 24.7 Å². The second-order valence-corrected chi connectivity index (χ2v) is 13.0. The summed E-state index contributed by atoms with van der Waals surface area (Å²) in [6.07, 6.45) is -7.26. The zero-order chi connectivity index (χ0) is 34.1. The third-order valence-corrected chi connectivity index (χ3v) is 7.43. The number of benzene rings is 1. The van der Waals surface area contributed by atoms with Crippen LogP contribution >= 0.6 is 0 Å². The SMILES string of the molecule is CC(C)N(C(=O)c1cc2c(cc1C(F)(F)F)OC(C)(C)C(=O)N2CCC(=O)NCC(F)F)[C@@H]1CCCN(OC(=O)C(C)(C)C)C1. The first-order valence-corrected chi connectivity index (χ1v) is 14.7. The Hall–Kier alpha value is -3.49. The van der Waals surface area contributed by atoms with Crippen LogP contribution in [0.25, 0.3) is 0 Å². The molecule has 1 N–H and O–H groups in total. The van der Waals surface area contributed by atoms with E-state index in [0.717, 1.165) is 11.0 Å². The molecule has 1 saturated heterocycles. The molecule has 1 aromatic rings. The van der Waals surface area contributed by atoms with E-state index in [0.29, 0.717) is 25.5 Å². The van der Waals surface area contributed by atoms with Crippen LogP contribution in [0.5, 0.6) is 5.75 Å². The van der Waals surface area contributed by atoms with Crippen molar-refractivity contribution in [3.05, 3.63) is 23.3 Å². The smallest absolute Gasteiger partial charge is 0.417 e. The van der Waals surface area contributed by atoms with Crippen molar-refractivity contribution >= 4 is 29.4 Å². The topological polar surface area (TPSA) is 108 Å².